The second-order valence-corrected chi connectivity index (χ2v) is 6.91. The van der Waals surface area contributed by atoms with E-state index in [1.807, 2.05) is 0 Å². The maximum absolute atomic E-state index is 13.6. The van der Waals surface area contributed by atoms with Crippen LogP contribution in [-0.2, 0) is 4.79 Å². The number of thiazole rings is 1. The summed E-state index contributed by atoms with van der Waals surface area (Å²) in [6.07, 6.45) is 2.48. The number of ketones is 1. The van der Waals surface area contributed by atoms with Gasteiger partial charge in [0.1, 0.15) is 11.6 Å². The third-order valence-corrected chi connectivity index (χ3v) is 3.92. The number of nitrogens with one attached hydrogen (secondary N) is 1. The summed E-state index contributed by atoms with van der Waals surface area (Å²) in [4.78, 5) is 26.3. The zero-order valence-corrected chi connectivity index (χ0v) is 13.2. The molecule has 0 atom stereocenters. The van der Waals surface area contributed by atoms with E-state index in [2.05, 4.69) is 4.98 Å². The van der Waals surface area contributed by atoms with Gasteiger partial charge in [0, 0.05) is 17.1 Å². The van der Waals surface area contributed by atoms with E-state index in [1.54, 1.807) is 20.8 Å². The second-order valence-electron chi connectivity index (χ2n) is 5.82. The van der Waals surface area contributed by atoms with E-state index in [9.17, 15) is 18.4 Å². The highest BCUT2D eigenvalue weighted by molar-refractivity contribution is 7.07. The van der Waals surface area contributed by atoms with Gasteiger partial charge >= 0.3 is 0 Å². The van der Waals surface area contributed by atoms with Gasteiger partial charge in [-0.1, -0.05) is 26.8 Å². The topological polar surface area (TPSA) is 49.9 Å². The van der Waals surface area contributed by atoms with E-state index in [1.165, 1.54) is 12.1 Å². The van der Waals surface area contributed by atoms with Crippen molar-refractivity contribution in [3.63, 3.8) is 0 Å². The van der Waals surface area contributed by atoms with Crippen LogP contribution in [0.4, 0.5) is 8.78 Å². The molecular formula is C16H15F2NO2S. The Labute approximate surface area is 129 Å². The van der Waals surface area contributed by atoms with Crippen LogP contribution in [0.3, 0.4) is 0 Å². The molecule has 0 aliphatic heterocycles. The fraction of sp³-hybridized carbons (Fsp3) is 0.250. The van der Waals surface area contributed by atoms with Crippen molar-refractivity contribution in [3.05, 3.63) is 54.9 Å². The summed E-state index contributed by atoms with van der Waals surface area (Å²) < 4.78 is 27.7. The van der Waals surface area contributed by atoms with Gasteiger partial charge in [0.05, 0.1) is 9.20 Å². The maximum atomic E-state index is 13.6. The van der Waals surface area contributed by atoms with Crippen molar-refractivity contribution < 1.29 is 13.6 Å². The molecule has 1 heterocycles. The number of aromatic nitrogens is 1. The lowest BCUT2D eigenvalue weighted by atomic mass is 9.91. The summed E-state index contributed by atoms with van der Waals surface area (Å²) in [5.41, 5.74) is -1.33. The summed E-state index contributed by atoms with van der Waals surface area (Å²) in [7, 11) is 0. The van der Waals surface area contributed by atoms with Crippen LogP contribution in [0.15, 0.2) is 23.0 Å². The minimum Gasteiger partial charge on any atom is -0.313 e. The van der Waals surface area contributed by atoms with Gasteiger partial charge < -0.3 is 4.98 Å². The van der Waals surface area contributed by atoms with Gasteiger partial charge in [0.2, 0.25) is 0 Å². The van der Waals surface area contributed by atoms with Gasteiger partial charge in [-0.3, -0.25) is 9.59 Å². The number of rotatable bonds is 2. The van der Waals surface area contributed by atoms with Crippen LogP contribution in [0.2, 0.25) is 0 Å². The molecule has 0 fully saturated rings. The molecule has 0 radical (unpaired) electrons. The monoisotopic (exact) mass is 323 g/mol. The van der Waals surface area contributed by atoms with Crippen molar-refractivity contribution in [1.29, 1.82) is 0 Å². The summed E-state index contributed by atoms with van der Waals surface area (Å²) in [5, 5.41) is 0. The van der Waals surface area contributed by atoms with Gasteiger partial charge in [-0.05, 0) is 18.2 Å². The predicted octanol–water partition coefficient (Wildman–Crippen LogP) is 1.94. The normalized spacial score (nSPS) is 13.7. The van der Waals surface area contributed by atoms with E-state index >= 15 is 0 Å². The Morgan fingerprint density at radius 3 is 2.36 bits per heavy atom. The molecule has 22 heavy (non-hydrogen) atoms. The molecule has 6 heteroatoms. The SMILES string of the molecule is CC(C)(C)C(=O)/C=c1/[nH]c(=O)/c(=C/c2c(F)cccc2F)s1. The molecule has 0 aliphatic rings. The Kier molecular flexibility index (Phi) is 4.42. The van der Waals surface area contributed by atoms with E-state index < -0.39 is 22.6 Å². The molecule has 1 aromatic heterocycles. The lowest BCUT2D eigenvalue weighted by Crippen LogP contribution is -2.22. The minimum absolute atomic E-state index is 0.136. The largest absolute Gasteiger partial charge is 0.313 e. The van der Waals surface area contributed by atoms with E-state index in [-0.39, 0.29) is 15.9 Å². The number of hydrogen-bond acceptors (Lipinski definition) is 3. The minimum atomic E-state index is -0.746. The van der Waals surface area contributed by atoms with E-state index in [0.29, 0.717) is 4.66 Å². The highest BCUT2D eigenvalue weighted by atomic mass is 32.1. The smallest absolute Gasteiger partial charge is 0.266 e. The van der Waals surface area contributed by atoms with Crippen LogP contribution in [0.5, 0.6) is 0 Å². The fourth-order valence-corrected chi connectivity index (χ4v) is 2.51. The number of halogens is 2. The van der Waals surface area contributed by atoms with E-state index in [0.717, 1.165) is 29.5 Å². The Hall–Kier alpha value is -2.08. The van der Waals surface area contributed by atoms with Crippen molar-refractivity contribution in [3.8, 4) is 0 Å². The summed E-state index contributed by atoms with van der Waals surface area (Å²) in [5.74, 6) is -1.64. The van der Waals surface area contributed by atoms with Crippen LogP contribution >= 0.6 is 11.3 Å². The zero-order valence-electron chi connectivity index (χ0n) is 12.4. The highest BCUT2D eigenvalue weighted by Crippen LogP contribution is 2.15. The Morgan fingerprint density at radius 2 is 1.82 bits per heavy atom. The number of aromatic amines is 1. The lowest BCUT2D eigenvalue weighted by molar-refractivity contribution is -0.119. The Balaban J connectivity index is 2.57. The molecule has 0 saturated heterocycles. The van der Waals surface area contributed by atoms with Crippen LogP contribution in [-0.4, -0.2) is 10.8 Å². The quantitative estimate of drug-likeness (QED) is 0.918. The number of carbonyl (C=O) groups is 1. The first kappa shape index (κ1) is 16.3. The first-order chi connectivity index (χ1) is 10.2. The number of H-pyrrole nitrogens is 1. The standard InChI is InChI=1S/C16H15F2NO2S/c1-16(2,3)13(20)8-14-19-15(21)12(22-14)7-9-10(17)5-4-6-11(9)18/h4-8H,1-3H3,(H,19,21)/b12-7-,14-8-. The van der Waals surface area contributed by atoms with Crippen LogP contribution < -0.4 is 14.8 Å². The molecule has 1 N–H and O–H groups in total. The molecular weight excluding hydrogens is 308 g/mol. The molecule has 0 spiro atoms. The van der Waals surface area contributed by atoms with Crippen molar-refractivity contribution >= 4 is 29.3 Å². The van der Waals surface area contributed by atoms with Crippen LogP contribution in [0.1, 0.15) is 26.3 Å². The van der Waals surface area contributed by atoms with Crippen molar-refractivity contribution in [2.24, 2.45) is 5.41 Å². The molecule has 0 bridgehead atoms. The summed E-state index contributed by atoms with van der Waals surface area (Å²) >= 11 is 0.983. The van der Waals surface area contributed by atoms with Gasteiger partial charge in [0.25, 0.3) is 5.56 Å². The average Bonchev–Trinajstić information content (AvgIpc) is 2.73. The number of hydrogen-bond donors (Lipinski definition) is 1. The number of benzene rings is 1. The first-order valence-corrected chi connectivity index (χ1v) is 7.41. The van der Waals surface area contributed by atoms with Gasteiger partial charge in [-0.15, -0.1) is 11.3 Å². The predicted molar refractivity (Wildman–Crippen MR) is 83.0 cm³/mol. The second kappa shape index (κ2) is 5.96. The Morgan fingerprint density at radius 1 is 1.23 bits per heavy atom. The molecule has 3 nitrogen and oxygen atoms in total. The Bertz CT molecular complexity index is 868. The van der Waals surface area contributed by atoms with Crippen molar-refractivity contribution in [1.82, 2.24) is 4.98 Å². The number of carbonyl (C=O) groups excluding carboxylic acids is 1. The molecule has 116 valence electrons. The summed E-state index contributed by atoms with van der Waals surface area (Å²) in [6.45, 7) is 5.29. The lowest BCUT2D eigenvalue weighted by Gasteiger charge is -2.12. The van der Waals surface area contributed by atoms with Crippen molar-refractivity contribution in [2.45, 2.75) is 20.8 Å². The van der Waals surface area contributed by atoms with Gasteiger partial charge in [-0.2, -0.15) is 0 Å². The third-order valence-electron chi connectivity index (χ3n) is 2.96. The molecule has 0 unspecified atom stereocenters. The zero-order chi connectivity index (χ0) is 16.5. The maximum Gasteiger partial charge on any atom is 0.266 e. The molecule has 2 aromatic rings. The fourth-order valence-electron chi connectivity index (χ4n) is 1.64. The average molecular weight is 323 g/mol. The molecule has 1 aromatic carbocycles. The molecule has 2 rings (SSSR count). The molecule has 0 saturated carbocycles. The summed E-state index contributed by atoms with van der Waals surface area (Å²) in [6, 6.07) is 3.49. The number of Topliss-reactive ketones (excluding diaryl/α,β-unsaturated/α-hetero) is 1. The first-order valence-electron chi connectivity index (χ1n) is 6.59. The van der Waals surface area contributed by atoms with Crippen LogP contribution in [0.25, 0.3) is 12.2 Å². The highest BCUT2D eigenvalue weighted by Gasteiger charge is 2.18. The van der Waals surface area contributed by atoms with Gasteiger partial charge in [-0.25, -0.2) is 8.78 Å². The third kappa shape index (κ3) is 3.57. The van der Waals surface area contributed by atoms with Gasteiger partial charge in [0.15, 0.2) is 5.78 Å². The van der Waals surface area contributed by atoms with E-state index in [4.69, 9.17) is 0 Å². The van der Waals surface area contributed by atoms with Crippen molar-refractivity contribution in [2.75, 3.05) is 0 Å². The molecule has 0 aliphatic carbocycles. The van der Waals surface area contributed by atoms with Crippen LogP contribution in [0, 0.1) is 17.0 Å². The molecule has 0 amide bonds.